The van der Waals surface area contributed by atoms with Crippen molar-refractivity contribution < 1.29 is 18.4 Å². The molecule has 1 aliphatic carbocycles. The third kappa shape index (κ3) is 2.69. The second-order valence-electron chi connectivity index (χ2n) is 6.11. The first-order valence-corrected chi connectivity index (χ1v) is 8.16. The molecule has 1 aromatic carbocycles. The number of furan rings is 1. The summed E-state index contributed by atoms with van der Waals surface area (Å²) in [6, 6.07) is 4.13. The van der Waals surface area contributed by atoms with E-state index < -0.39 is 11.7 Å². The molecule has 3 aromatic rings. The number of nitrogens with zero attached hydrogens (tertiary/aromatic N) is 2. The van der Waals surface area contributed by atoms with Crippen molar-refractivity contribution >= 4 is 17.4 Å². The lowest BCUT2D eigenvalue weighted by molar-refractivity contribution is 0.0963. The summed E-state index contributed by atoms with van der Waals surface area (Å²) in [6.07, 6.45) is 3.10. The van der Waals surface area contributed by atoms with Crippen LogP contribution in [0.3, 0.4) is 0 Å². The highest BCUT2D eigenvalue weighted by Crippen LogP contribution is 2.30. The minimum Gasteiger partial charge on any atom is -0.455 e. The number of nitrogens with one attached hydrogen (secondary N) is 2. The highest BCUT2D eigenvalue weighted by atomic mass is 19.1. The number of H-pyrrole nitrogens is 1. The maximum Gasteiger partial charge on any atom is 0.291 e. The summed E-state index contributed by atoms with van der Waals surface area (Å²) in [7, 11) is 0. The number of aryl methyl sites for hydroxylation is 1. The zero-order chi connectivity index (χ0) is 18.3. The number of benzene rings is 1. The van der Waals surface area contributed by atoms with E-state index in [2.05, 4.69) is 20.5 Å². The first-order valence-electron chi connectivity index (χ1n) is 8.16. The highest BCUT2D eigenvalue weighted by molar-refractivity contribution is 6.07. The minimum atomic E-state index is -0.491. The first-order chi connectivity index (χ1) is 12.5. The lowest BCUT2D eigenvalue weighted by atomic mass is 9.94. The third-order valence-corrected chi connectivity index (χ3v) is 4.41. The zero-order valence-electron chi connectivity index (χ0n) is 13.9. The molecule has 0 spiro atoms. The summed E-state index contributed by atoms with van der Waals surface area (Å²) in [5.74, 6) is -0.0502. The number of carbonyl (C=O) groups is 2. The number of rotatable bonds is 3. The Morgan fingerprint density at radius 2 is 2.19 bits per heavy atom. The highest BCUT2D eigenvalue weighted by Gasteiger charge is 2.28. The molecule has 0 fully saturated rings. The van der Waals surface area contributed by atoms with Crippen molar-refractivity contribution in [1.29, 1.82) is 0 Å². The fraction of sp³-hybridized carbons (Fsp3) is 0.222. The van der Waals surface area contributed by atoms with E-state index in [0.29, 0.717) is 35.4 Å². The van der Waals surface area contributed by atoms with Crippen LogP contribution in [-0.2, 0) is 6.42 Å². The van der Waals surface area contributed by atoms with E-state index in [0.717, 1.165) is 6.42 Å². The SMILES string of the molecule is Cc1c(C(=O)Nc2ccc(F)c(-c3ncn[nH]3)c2)oc2c1C(=O)CCC2. The van der Waals surface area contributed by atoms with Crippen LogP contribution in [0.25, 0.3) is 11.4 Å². The van der Waals surface area contributed by atoms with Gasteiger partial charge in [0.05, 0.1) is 11.1 Å². The Balaban J connectivity index is 1.64. The molecule has 0 atom stereocenters. The van der Waals surface area contributed by atoms with Crippen LogP contribution in [0.5, 0.6) is 0 Å². The Hall–Kier alpha value is -3.29. The normalized spacial score (nSPS) is 13.5. The maximum absolute atomic E-state index is 14.0. The number of fused-ring (bicyclic) bond motifs is 1. The average molecular weight is 354 g/mol. The third-order valence-electron chi connectivity index (χ3n) is 4.41. The van der Waals surface area contributed by atoms with E-state index in [1.54, 1.807) is 6.92 Å². The lowest BCUT2D eigenvalue weighted by Gasteiger charge is -2.07. The van der Waals surface area contributed by atoms with Crippen molar-refractivity contribution in [2.75, 3.05) is 5.32 Å². The van der Waals surface area contributed by atoms with Gasteiger partial charge in [-0.05, 0) is 31.5 Å². The Morgan fingerprint density at radius 3 is 2.92 bits per heavy atom. The number of aromatic nitrogens is 3. The molecule has 132 valence electrons. The summed E-state index contributed by atoms with van der Waals surface area (Å²) in [4.78, 5) is 28.6. The van der Waals surface area contributed by atoms with Crippen LogP contribution < -0.4 is 5.32 Å². The molecule has 26 heavy (non-hydrogen) atoms. The van der Waals surface area contributed by atoms with Crippen LogP contribution in [0.15, 0.2) is 28.9 Å². The van der Waals surface area contributed by atoms with Gasteiger partial charge in [-0.25, -0.2) is 9.37 Å². The van der Waals surface area contributed by atoms with E-state index in [9.17, 15) is 14.0 Å². The molecule has 1 aliphatic rings. The molecule has 0 bridgehead atoms. The molecule has 8 heteroatoms. The minimum absolute atomic E-state index is 0.000868. The molecule has 2 aromatic heterocycles. The van der Waals surface area contributed by atoms with Gasteiger partial charge in [0.25, 0.3) is 5.91 Å². The van der Waals surface area contributed by atoms with Gasteiger partial charge in [0, 0.05) is 24.1 Å². The number of Topliss-reactive ketones (excluding diaryl/α,β-unsaturated/α-hetero) is 1. The number of carbonyl (C=O) groups excluding carboxylic acids is 2. The van der Waals surface area contributed by atoms with E-state index in [-0.39, 0.29) is 22.9 Å². The Labute approximate surface area is 147 Å². The van der Waals surface area contributed by atoms with Crippen molar-refractivity contribution in [3.8, 4) is 11.4 Å². The van der Waals surface area contributed by atoms with Crippen molar-refractivity contribution in [2.45, 2.75) is 26.2 Å². The van der Waals surface area contributed by atoms with Gasteiger partial charge in [-0.2, -0.15) is 5.10 Å². The monoisotopic (exact) mass is 354 g/mol. The van der Waals surface area contributed by atoms with E-state index >= 15 is 0 Å². The van der Waals surface area contributed by atoms with Crippen LogP contribution >= 0.6 is 0 Å². The lowest BCUT2D eigenvalue weighted by Crippen LogP contribution is -2.13. The Kier molecular flexibility index (Phi) is 3.87. The Bertz CT molecular complexity index is 1010. The van der Waals surface area contributed by atoms with E-state index in [4.69, 9.17) is 4.42 Å². The fourth-order valence-corrected chi connectivity index (χ4v) is 3.17. The van der Waals surface area contributed by atoms with Crippen molar-refractivity contribution in [3.05, 3.63) is 53.0 Å². The molecule has 0 saturated carbocycles. The predicted octanol–water partition coefficient (Wildman–Crippen LogP) is 3.28. The zero-order valence-corrected chi connectivity index (χ0v) is 13.9. The Morgan fingerprint density at radius 1 is 1.35 bits per heavy atom. The number of aromatic amines is 1. The second-order valence-corrected chi connectivity index (χ2v) is 6.11. The standard InChI is InChI=1S/C18H15FN4O3/c1-9-15-13(24)3-2-4-14(15)26-16(9)18(25)22-10-5-6-12(19)11(7-10)17-20-8-21-23-17/h5-8H,2-4H2,1H3,(H,22,25)(H,20,21,23). The molecular formula is C18H15FN4O3. The van der Waals surface area contributed by atoms with Gasteiger partial charge in [0.2, 0.25) is 0 Å². The van der Waals surface area contributed by atoms with E-state index in [1.165, 1.54) is 24.5 Å². The smallest absolute Gasteiger partial charge is 0.291 e. The summed E-state index contributed by atoms with van der Waals surface area (Å²) in [5, 5.41) is 8.96. The van der Waals surface area contributed by atoms with Crippen LogP contribution in [0.2, 0.25) is 0 Å². The maximum atomic E-state index is 14.0. The number of hydrogen-bond donors (Lipinski definition) is 2. The summed E-state index contributed by atoms with van der Waals surface area (Å²) in [5.41, 5.74) is 1.62. The molecule has 0 aliphatic heterocycles. The molecule has 2 N–H and O–H groups in total. The molecule has 2 heterocycles. The summed E-state index contributed by atoms with van der Waals surface area (Å²) < 4.78 is 19.6. The van der Waals surface area contributed by atoms with Crippen LogP contribution in [0.1, 0.15) is 45.1 Å². The number of amides is 1. The molecule has 4 rings (SSSR count). The van der Waals surface area contributed by atoms with Crippen molar-refractivity contribution in [2.24, 2.45) is 0 Å². The first kappa shape index (κ1) is 16.2. The second kappa shape index (κ2) is 6.21. The number of halogens is 1. The van der Waals surface area contributed by atoms with Gasteiger partial charge in [-0.3, -0.25) is 14.7 Å². The molecular weight excluding hydrogens is 339 g/mol. The molecule has 7 nitrogen and oxygen atoms in total. The summed E-state index contributed by atoms with van der Waals surface area (Å²) in [6.45, 7) is 1.70. The number of hydrogen-bond acceptors (Lipinski definition) is 5. The van der Waals surface area contributed by atoms with Gasteiger partial charge < -0.3 is 9.73 Å². The largest absolute Gasteiger partial charge is 0.455 e. The summed E-state index contributed by atoms with van der Waals surface area (Å²) >= 11 is 0. The topological polar surface area (TPSA) is 101 Å². The number of anilines is 1. The fourth-order valence-electron chi connectivity index (χ4n) is 3.17. The van der Waals surface area contributed by atoms with Crippen molar-refractivity contribution in [3.63, 3.8) is 0 Å². The van der Waals surface area contributed by atoms with Gasteiger partial charge >= 0.3 is 0 Å². The average Bonchev–Trinajstić information content (AvgIpc) is 3.25. The van der Waals surface area contributed by atoms with E-state index in [1.807, 2.05) is 0 Å². The predicted molar refractivity (Wildman–Crippen MR) is 90.4 cm³/mol. The quantitative estimate of drug-likeness (QED) is 0.752. The van der Waals surface area contributed by atoms with Gasteiger partial charge in [0.1, 0.15) is 17.9 Å². The number of ketones is 1. The van der Waals surface area contributed by atoms with Gasteiger partial charge in [0.15, 0.2) is 17.4 Å². The molecule has 0 unspecified atom stereocenters. The van der Waals surface area contributed by atoms with Crippen molar-refractivity contribution in [1.82, 2.24) is 15.2 Å². The van der Waals surface area contributed by atoms with Crippen LogP contribution in [0.4, 0.5) is 10.1 Å². The molecule has 0 saturated heterocycles. The molecule has 0 radical (unpaired) electrons. The van der Waals surface area contributed by atoms with Crippen LogP contribution in [0, 0.1) is 12.7 Å². The van der Waals surface area contributed by atoms with Gasteiger partial charge in [-0.15, -0.1) is 0 Å². The van der Waals surface area contributed by atoms with Gasteiger partial charge in [-0.1, -0.05) is 0 Å². The molecule has 1 amide bonds. The van der Waals surface area contributed by atoms with Crippen LogP contribution in [-0.4, -0.2) is 26.9 Å².